The number of aliphatic hydroxyl groups is 1. The smallest absolute Gasteiger partial charge is 0.227 e. The quantitative estimate of drug-likeness (QED) is 0.870. The number of benzene rings is 1. The highest BCUT2D eigenvalue weighted by atomic mass is 16.3. The van der Waals surface area contributed by atoms with Crippen LogP contribution >= 0.6 is 0 Å². The molecule has 1 aliphatic rings. The van der Waals surface area contributed by atoms with E-state index in [4.69, 9.17) is 0 Å². The second kappa shape index (κ2) is 4.38. The Hall–Kier alpha value is -1.94. The first-order valence-corrected chi connectivity index (χ1v) is 6.03. The first-order valence-electron chi connectivity index (χ1n) is 6.03. The minimum atomic E-state index is 0.0505. The van der Waals surface area contributed by atoms with Crippen molar-refractivity contribution in [2.75, 3.05) is 18.1 Å². The number of pyridine rings is 1. The molecule has 1 aromatic carbocycles. The van der Waals surface area contributed by atoms with Gasteiger partial charge in [0.2, 0.25) is 5.91 Å². The van der Waals surface area contributed by atoms with E-state index in [-0.39, 0.29) is 18.4 Å². The Bertz CT molecular complexity index is 592. The maximum atomic E-state index is 12.0. The number of aromatic nitrogens is 1. The first-order chi connectivity index (χ1) is 8.79. The number of amides is 1. The van der Waals surface area contributed by atoms with Gasteiger partial charge in [0, 0.05) is 48.7 Å². The highest BCUT2D eigenvalue weighted by Gasteiger charge is 2.30. The second-order valence-electron chi connectivity index (χ2n) is 4.63. The molecule has 0 radical (unpaired) electrons. The zero-order valence-corrected chi connectivity index (χ0v) is 9.91. The van der Waals surface area contributed by atoms with E-state index in [2.05, 4.69) is 4.98 Å². The Morgan fingerprint density at radius 2 is 2.28 bits per heavy atom. The van der Waals surface area contributed by atoms with Crippen molar-refractivity contribution in [1.29, 1.82) is 0 Å². The third-order valence-corrected chi connectivity index (χ3v) is 3.41. The van der Waals surface area contributed by atoms with Crippen LogP contribution in [-0.2, 0) is 4.79 Å². The highest BCUT2D eigenvalue weighted by molar-refractivity contribution is 6.04. The fourth-order valence-electron chi connectivity index (χ4n) is 2.48. The largest absolute Gasteiger partial charge is 0.396 e. The van der Waals surface area contributed by atoms with E-state index in [0.717, 1.165) is 16.5 Å². The summed E-state index contributed by atoms with van der Waals surface area (Å²) in [6.07, 6.45) is 3.96. The maximum Gasteiger partial charge on any atom is 0.227 e. The van der Waals surface area contributed by atoms with Crippen LogP contribution in [0.1, 0.15) is 6.42 Å². The minimum absolute atomic E-state index is 0.0505. The zero-order valence-electron chi connectivity index (χ0n) is 9.91. The van der Waals surface area contributed by atoms with Crippen molar-refractivity contribution in [3.05, 3.63) is 36.7 Å². The number of aliphatic hydroxyl groups excluding tert-OH is 1. The molecule has 4 heteroatoms. The lowest BCUT2D eigenvalue weighted by Crippen LogP contribution is -2.25. The highest BCUT2D eigenvalue weighted by Crippen LogP contribution is 2.30. The molecule has 3 rings (SSSR count). The van der Waals surface area contributed by atoms with Gasteiger partial charge >= 0.3 is 0 Å². The summed E-state index contributed by atoms with van der Waals surface area (Å²) in [7, 11) is 0. The van der Waals surface area contributed by atoms with E-state index in [0.29, 0.717) is 13.0 Å². The van der Waals surface area contributed by atoms with Crippen LogP contribution in [0.5, 0.6) is 0 Å². The Morgan fingerprint density at radius 1 is 1.39 bits per heavy atom. The summed E-state index contributed by atoms with van der Waals surface area (Å²) in [5.41, 5.74) is 0.913. The lowest BCUT2D eigenvalue weighted by atomic mass is 10.1. The molecule has 0 saturated carbocycles. The summed E-state index contributed by atoms with van der Waals surface area (Å²) in [5.74, 6) is 0.132. The first kappa shape index (κ1) is 11.2. The Balaban J connectivity index is 2.07. The number of fused-ring (bicyclic) bond motifs is 1. The van der Waals surface area contributed by atoms with Gasteiger partial charge in [-0.2, -0.15) is 0 Å². The van der Waals surface area contributed by atoms with Gasteiger partial charge in [-0.3, -0.25) is 9.78 Å². The normalized spacial score (nSPS) is 19.7. The molecule has 92 valence electrons. The molecule has 2 heterocycles. The zero-order chi connectivity index (χ0) is 12.5. The Labute approximate surface area is 105 Å². The molecule has 1 amide bonds. The predicted octanol–water partition coefficient (Wildman–Crippen LogP) is 1.58. The van der Waals surface area contributed by atoms with Gasteiger partial charge in [0.25, 0.3) is 0 Å². The van der Waals surface area contributed by atoms with Gasteiger partial charge < -0.3 is 10.0 Å². The topological polar surface area (TPSA) is 53.4 Å². The molecule has 1 fully saturated rings. The van der Waals surface area contributed by atoms with Gasteiger partial charge in [-0.15, -0.1) is 0 Å². The summed E-state index contributed by atoms with van der Waals surface area (Å²) in [6.45, 7) is 0.658. The lowest BCUT2D eigenvalue weighted by molar-refractivity contribution is -0.117. The van der Waals surface area contributed by atoms with Crippen LogP contribution in [0.2, 0.25) is 0 Å². The van der Waals surface area contributed by atoms with Gasteiger partial charge in [0.1, 0.15) is 0 Å². The molecule has 0 aliphatic carbocycles. The number of anilines is 1. The van der Waals surface area contributed by atoms with Crippen molar-refractivity contribution in [1.82, 2.24) is 4.98 Å². The summed E-state index contributed by atoms with van der Waals surface area (Å²) in [5, 5.41) is 11.2. The molecule has 1 saturated heterocycles. The van der Waals surface area contributed by atoms with Crippen molar-refractivity contribution >= 4 is 22.4 Å². The number of rotatable bonds is 2. The third-order valence-electron chi connectivity index (χ3n) is 3.41. The monoisotopic (exact) mass is 242 g/mol. The average Bonchev–Trinajstić information content (AvgIpc) is 2.79. The number of nitrogens with zero attached hydrogens (tertiary/aromatic N) is 2. The molecule has 1 aliphatic heterocycles. The lowest BCUT2D eigenvalue weighted by Gasteiger charge is -2.18. The maximum absolute atomic E-state index is 12.0. The van der Waals surface area contributed by atoms with Gasteiger partial charge in [-0.05, 0) is 12.1 Å². The van der Waals surface area contributed by atoms with Crippen LogP contribution in [0.15, 0.2) is 36.7 Å². The van der Waals surface area contributed by atoms with Crippen molar-refractivity contribution in [3.63, 3.8) is 0 Å². The van der Waals surface area contributed by atoms with Crippen LogP contribution < -0.4 is 4.90 Å². The summed E-state index contributed by atoms with van der Waals surface area (Å²) >= 11 is 0. The van der Waals surface area contributed by atoms with Gasteiger partial charge in [0.15, 0.2) is 0 Å². The SMILES string of the molecule is O=C1CC(CO)CN1c1cccc2cnccc12. The van der Waals surface area contributed by atoms with Crippen molar-refractivity contribution in [2.45, 2.75) is 6.42 Å². The number of hydrogen-bond donors (Lipinski definition) is 1. The summed E-state index contributed by atoms with van der Waals surface area (Å²) < 4.78 is 0. The Kier molecular flexibility index (Phi) is 2.72. The minimum Gasteiger partial charge on any atom is -0.396 e. The fraction of sp³-hybridized carbons (Fsp3) is 0.286. The van der Waals surface area contributed by atoms with Gasteiger partial charge in [-0.1, -0.05) is 12.1 Å². The second-order valence-corrected chi connectivity index (χ2v) is 4.63. The predicted molar refractivity (Wildman–Crippen MR) is 69.3 cm³/mol. The molecule has 1 aromatic heterocycles. The van der Waals surface area contributed by atoms with Crippen molar-refractivity contribution in [3.8, 4) is 0 Å². The molecular formula is C14H14N2O2. The van der Waals surface area contributed by atoms with Crippen LogP contribution in [0, 0.1) is 5.92 Å². The molecule has 1 unspecified atom stereocenters. The van der Waals surface area contributed by atoms with E-state index >= 15 is 0 Å². The number of hydrogen-bond acceptors (Lipinski definition) is 3. The Morgan fingerprint density at radius 3 is 3.06 bits per heavy atom. The van der Waals surface area contributed by atoms with E-state index in [1.165, 1.54) is 0 Å². The van der Waals surface area contributed by atoms with Crippen LogP contribution in [0.3, 0.4) is 0 Å². The van der Waals surface area contributed by atoms with E-state index < -0.39 is 0 Å². The summed E-state index contributed by atoms with van der Waals surface area (Å²) in [6, 6.07) is 7.78. The molecular weight excluding hydrogens is 228 g/mol. The molecule has 0 bridgehead atoms. The van der Waals surface area contributed by atoms with Gasteiger partial charge in [-0.25, -0.2) is 0 Å². The number of carbonyl (C=O) groups is 1. The molecule has 4 nitrogen and oxygen atoms in total. The van der Waals surface area contributed by atoms with E-state index in [1.807, 2.05) is 24.3 Å². The van der Waals surface area contributed by atoms with Crippen LogP contribution in [-0.4, -0.2) is 29.1 Å². The molecule has 18 heavy (non-hydrogen) atoms. The number of carbonyl (C=O) groups excluding carboxylic acids is 1. The van der Waals surface area contributed by atoms with E-state index in [1.54, 1.807) is 17.3 Å². The average molecular weight is 242 g/mol. The van der Waals surface area contributed by atoms with Crippen LogP contribution in [0.25, 0.3) is 10.8 Å². The third kappa shape index (κ3) is 1.75. The molecule has 1 atom stereocenters. The van der Waals surface area contributed by atoms with Crippen molar-refractivity contribution < 1.29 is 9.90 Å². The molecule has 0 spiro atoms. The molecule has 2 aromatic rings. The van der Waals surface area contributed by atoms with Crippen LogP contribution in [0.4, 0.5) is 5.69 Å². The fourth-order valence-corrected chi connectivity index (χ4v) is 2.48. The summed E-state index contributed by atoms with van der Waals surface area (Å²) in [4.78, 5) is 17.8. The van der Waals surface area contributed by atoms with E-state index in [9.17, 15) is 9.90 Å². The van der Waals surface area contributed by atoms with Gasteiger partial charge in [0.05, 0.1) is 5.69 Å². The standard InChI is InChI=1S/C14H14N2O2/c17-9-10-6-14(18)16(8-10)13-3-1-2-11-7-15-5-4-12(11)13/h1-5,7,10,17H,6,8-9H2. The molecule has 1 N–H and O–H groups in total. The van der Waals surface area contributed by atoms with Crippen molar-refractivity contribution in [2.24, 2.45) is 5.92 Å².